The van der Waals surface area contributed by atoms with E-state index in [4.69, 9.17) is 41.9 Å². The molecule has 0 aliphatic rings. The molecule has 30 heteroatoms. The summed E-state index contributed by atoms with van der Waals surface area (Å²) in [6, 6.07) is 62.0. The highest BCUT2D eigenvalue weighted by Crippen LogP contribution is 2.33. The van der Waals surface area contributed by atoms with E-state index in [9.17, 15) is 0 Å². The van der Waals surface area contributed by atoms with Crippen LogP contribution in [0, 0.1) is 13.8 Å². The largest absolute Gasteiger partial charge is 0.493 e. The molecule has 0 bridgehead atoms. The summed E-state index contributed by atoms with van der Waals surface area (Å²) >= 11 is 0. The number of para-hydroxylation sites is 2. The Labute approximate surface area is 600 Å². The third-order valence-electron chi connectivity index (χ3n) is 16.1. The van der Waals surface area contributed by atoms with Crippen LogP contribution in [0.5, 0.6) is 23.0 Å². The van der Waals surface area contributed by atoms with Gasteiger partial charge < -0.3 is 72.9 Å². The van der Waals surface area contributed by atoms with E-state index in [0.29, 0.717) is 76.0 Å². The molecule has 0 saturated carbocycles. The molecule has 0 amide bonds. The van der Waals surface area contributed by atoms with Gasteiger partial charge in [-0.15, -0.1) is 20.4 Å². The number of methoxy groups -OCH3 is 4. The zero-order chi connectivity index (χ0) is 73.2. The summed E-state index contributed by atoms with van der Waals surface area (Å²) in [5.41, 5.74) is 33.2. The maximum Gasteiger partial charge on any atom is 0.248 e. The fraction of sp³-hybridized carbons (Fsp3) is 0.189. The van der Waals surface area contributed by atoms with Gasteiger partial charge in [0.1, 0.15) is 0 Å². The molecule has 0 saturated heterocycles. The first-order chi connectivity index (χ1) is 50.5. The third-order valence-corrected chi connectivity index (χ3v) is 16.1. The van der Waals surface area contributed by atoms with Crippen LogP contribution in [0.15, 0.2) is 194 Å². The van der Waals surface area contributed by atoms with Crippen molar-refractivity contribution in [2.24, 2.45) is 0 Å². The standard InChI is InChI=1S/C21H23N7.C19H18N6O2.C18H23N7.C16H18N6O2/c1-3-27(4-2)17-12-10-16(11-13-17)23-21-25-20(22)28(26-21)19-14-9-15-7-5-6-8-18(15)24-19;1-26-15-9-8-13(11-16(15)27-2)21-19-23-18(20)25(24-19)17-10-7-12-5-3-4-6-14(12)22-17;1-4-24(5-2)15-11-9-14(10-12-15)21-18-22-17(19)25(23-18)16-8-6-7-13(3)20-16;1-10-5-4-6-14(18-10)22-15(17)20-16(21-22)19-11-7-8-12(23-2)13(9-11)24-3/h5-14H,3-4H2,1-2H3,(H3,22,23,25,26);3-11H,1-2H3,(H3,20,21,23,24);6-12H,4-5H2,1-3H3,(H3,19,21,22,23);4-9H,1-3H3,(H3,17,19,20,21). The predicted molar refractivity (Wildman–Crippen MR) is 411 cm³/mol. The van der Waals surface area contributed by atoms with Gasteiger partial charge in [-0.2, -0.15) is 38.7 Å². The number of aryl methyl sites for hydroxylation is 2. The molecular weight excluding hydrogens is 1320 g/mol. The highest BCUT2D eigenvalue weighted by atomic mass is 16.5. The number of aromatic nitrogens is 16. The first-order valence-electron chi connectivity index (χ1n) is 33.3. The minimum absolute atomic E-state index is 0.237. The first-order valence-corrected chi connectivity index (χ1v) is 33.3. The molecule has 0 spiro atoms. The molecule has 0 aliphatic carbocycles. The van der Waals surface area contributed by atoms with E-state index >= 15 is 0 Å². The molecule has 0 fully saturated rings. The molecule has 0 radical (unpaired) electrons. The van der Waals surface area contributed by atoms with E-state index in [2.05, 4.69) is 143 Å². The zero-order valence-electron chi connectivity index (χ0n) is 59.3. The van der Waals surface area contributed by atoms with Gasteiger partial charge in [-0.25, -0.2) is 19.9 Å². The molecule has 14 rings (SSSR count). The average molecular weight is 1400 g/mol. The Morgan fingerprint density at radius 3 is 0.942 bits per heavy atom. The van der Waals surface area contributed by atoms with Gasteiger partial charge in [0.15, 0.2) is 46.3 Å². The summed E-state index contributed by atoms with van der Waals surface area (Å²) in [6.07, 6.45) is 0. The van der Waals surface area contributed by atoms with Crippen molar-refractivity contribution in [3.63, 3.8) is 0 Å². The second-order valence-corrected chi connectivity index (χ2v) is 22.9. The van der Waals surface area contributed by atoms with Gasteiger partial charge in [-0.3, -0.25) is 0 Å². The van der Waals surface area contributed by atoms with Gasteiger partial charge in [0.2, 0.25) is 47.6 Å². The lowest BCUT2D eigenvalue weighted by Crippen LogP contribution is -2.21. The monoisotopic (exact) mass is 1400 g/mol. The average Bonchev–Trinajstić information content (AvgIpc) is 1.51. The van der Waals surface area contributed by atoms with Crippen LogP contribution in [0.2, 0.25) is 0 Å². The van der Waals surface area contributed by atoms with Crippen LogP contribution in [0.1, 0.15) is 39.1 Å². The summed E-state index contributed by atoms with van der Waals surface area (Å²) in [5.74, 6) is 7.63. The molecule has 104 heavy (non-hydrogen) atoms. The highest BCUT2D eigenvalue weighted by molar-refractivity contribution is 5.80. The van der Waals surface area contributed by atoms with E-state index in [-0.39, 0.29) is 17.8 Å². The fourth-order valence-electron chi connectivity index (χ4n) is 10.9. The number of fused-ring (bicyclic) bond motifs is 2. The fourth-order valence-corrected chi connectivity index (χ4v) is 10.9. The third kappa shape index (κ3) is 17.4. The van der Waals surface area contributed by atoms with Crippen LogP contribution in [0.4, 0.5) is 81.7 Å². The van der Waals surface area contributed by atoms with Gasteiger partial charge in [-0.1, -0.05) is 48.5 Å². The summed E-state index contributed by atoms with van der Waals surface area (Å²) in [5, 5.41) is 32.3. The number of anilines is 14. The van der Waals surface area contributed by atoms with Gasteiger partial charge >= 0.3 is 0 Å². The number of benzene rings is 6. The summed E-state index contributed by atoms with van der Waals surface area (Å²) in [7, 11) is 6.34. The molecule has 8 heterocycles. The van der Waals surface area contributed by atoms with Crippen molar-refractivity contribution >= 4 is 104 Å². The van der Waals surface area contributed by atoms with Gasteiger partial charge in [0, 0.05) is 94.6 Å². The second-order valence-electron chi connectivity index (χ2n) is 22.9. The minimum atomic E-state index is 0.237. The van der Waals surface area contributed by atoms with Crippen molar-refractivity contribution in [3.8, 4) is 46.3 Å². The van der Waals surface area contributed by atoms with E-state index in [1.807, 2.05) is 159 Å². The molecule has 0 aliphatic heterocycles. The normalized spacial score (nSPS) is 10.7. The Morgan fingerprint density at radius 1 is 0.317 bits per heavy atom. The smallest absolute Gasteiger partial charge is 0.248 e. The number of rotatable bonds is 22. The Balaban J connectivity index is 0.000000139. The van der Waals surface area contributed by atoms with Crippen molar-refractivity contribution in [1.82, 2.24) is 79.0 Å². The van der Waals surface area contributed by atoms with Crippen molar-refractivity contribution in [2.45, 2.75) is 41.5 Å². The van der Waals surface area contributed by atoms with Gasteiger partial charge in [0.05, 0.1) is 39.5 Å². The molecule has 532 valence electrons. The van der Waals surface area contributed by atoms with Crippen LogP contribution in [0.3, 0.4) is 0 Å². The molecule has 14 aromatic rings. The number of nitrogens with zero attached hydrogens (tertiary/aromatic N) is 18. The van der Waals surface area contributed by atoms with E-state index < -0.39 is 0 Å². The Bertz CT molecular complexity index is 5170. The van der Waals surface area contributed by atoms with Crippen molar-refractivity contribution in [1.29, 1.82) is 0 Å². The maximum absolute atomic E-state index is 6.07. The lowest BCUT2D eigenvalue weighted by Gasteiger charge is -2.21. The highest BCUT2D eigenvalue weighted by Gasteiger charge is 2.17. The Hall–Kier alpha value is -13.8. The minimum Gasteiger partial charge on any atom is -0.493 e. The topological polar surface area (TPSA) is 370 Å². The van der Waals surface area contributed by atoms with E-state index in [0.717, 1.165) is 82.1 Å². The summed E-state index contributed by atoms with van der Waals surface area (Å²) < 4.78 is 27.1. The Kier molecular flexibility index (Phi) is 22.9. The van der Waals surface area contributed by atoms with Gasteiger partial charge in [-0.05, 0) is 175 Å². The van der Waals surface area contributed by atoms with Crippen LogP contribution in [-0.2, 0) is 0 Å². The summed E-state index contributed by atoms with van der Waals surface area (Å²) in [6.45, 7) is 16.3. The molecule has 8 aromatic heterocycles. The Morgan fingerprint density at radius 2 is 0.625 bits per heavy atom. The number of nitrogen functional groups attached to an aromatic ring is 4. The predicted octanol–water partition coefficient (Wildman–Crippen LogP) is 12.6. The molecule has 0 atom stereocenters. The number of pyridine rings is 4. The van der Waals surface area contributed by atoms with Crippen molar-refractivity contribution in [3.05, 3.63) is 206 Å². The number of hydrogen-bond donors (Lipinski definition) is 8. The number of ether oxygens (including phenoxy) is 4. The molecular formula is C74H82N26O4. The first kappa shape index (κ1) is 71.5. The van der Waals surface area contributed by atoms with Crippen molar-refractivity contribution in [2.75, 3.05) is 109 Å². The number of hydrogen-bond acceptors (Lipinski definition) is 26. The van der Waals surface area contributed by atoms with Crippen molar-refractivity contribution < 1.29 is 18.9 Å². The molecule has 12 N–H and O–H groups in total. The van der Waals surface area contributed by atoms with E-state index in [1.54, 1.807) is 57.4 Å². The maximum atomic E-state index is 6.07. The number of nitrogens with two attached hydrogens (primary N) is 4. The van der Waals surface area contributed by atoms with Crippen LogP contribution in [-0.4, -0.2) is 134 Å². The molecule has 0 unspecified atom stereocenters. The quantitative estimate of drug-likeness (QED) is 0.0312. The van der Waals surface area contributed by atoms with Crippen LogP contribution < -0.4 is 72.9 Å². The van der Waals surface area contributed by atoms with Crippen LogP contribution in [0.25, 0.3) is 45.1 Å². The zero-order valence-corrected chi connectivity index (χ0v) is 59.3. The SMILES string of the molecule is CCN(CC)c1ccc(Nc2nc(N)n(-c3ccc4ccccc4n3)n2)cc1.CCN(CC)c1ccc(Nc2nc(N)n(-c3cccc(C)n3)n2)cc1.COc1ccc(Nc2nc(N)n(-c3ccc4ccccc4n3)n2)cc1OC.COc1ccc(Nc2nc(N)n(-c3cccc(C)n3)n2)cc1OC. The van der Waals surface area contributed by atoms with Crippen LogP contribution >= 0.6 is 0 Å². The molecule has 6 aromatic carbocycles. The van der Waals surface area contributed by atoms with E-state index in [1.165, 1.54) is 25.4 Å². The molecule has 30 nitrogen and oxygen atoms in total. The lowest BCUT2D eigenvalue weighted by molar-refractivity contribution is 0.355. The lowest BCUT2D eigenvalue weighted by atomic mass is 10.2. The number of nitrogens with one attached hydrogen (secondary N) is 4. The van der Waals surface area contributed by atoms with Gasteiger partial charge in [0.25, 0.3) is 0 Å². The summed E-state index contributed by atoms with van der Waals surface area (Å²) in [4.78, 5) is 39.7. The second kappa shape index (κ2) is 33.4.